The average Bonchev–Trinajstić information content (AvgIpc) is 3.18. The summed E-state index contributed by atoms with van der Waals surface area (Å²) in [5.74, 6) is 0.645. The van der Waals surface area contributed by atoms with E-state index in [1.54, 1.807) is 19.2 Å². The summed E-state index contributed by atoms with van der Waals surface area (Å²) < 4.78 is 44.1. The number of benzene rings is 1. The highest BCUT2D eigenvalue weighted by Crippen LogP contribution is 2.31. The Morgan fingerprint density at radius 1 is 1.21 bits per heavy atom. The second-order valence-corrected chi connectivity index (χ2v) is 6.55. The highest BCUT2D eigenvalue weighted by molar-refractivity contribution is 5.89. The van der Waals surface area contributed by atoms with Gasteiger partial charge >= 0.3 is 6.18 Å². The molecule has 1 amide bonds. The summed E-state index contributed by atoms with van der Waals surface area (Å²) in [6.07, 6.45) is -4.36. The number of carbonyl (C=O) groups excluding carboxylic acids is 1. The van der Waals surface area contributed by atoms with Crippen molar-refractivity contribution in [3.05, 3.63) is 53.5 Å². The number of hydrogen-bond acceptors (Lipinski definition) is 4. The van der Waals surface area contributed by atoms with E-state index in [9.17, 15) is 18.0 Å². The minimum absolute atomic E-state index is 0.0893. The molecule has 7 nitrogen and oxygen atoms in total. The van der Waals surface area contributed by atoms with Crippen molar-refractivity contribution in [3.63, 3.8) is 0 Å². The third-order valence-corrected chi connectivity index (χ3v) is 4.65. The van der Waals surface area contributed by atoms with Crippen LogP contribution in [-0.2, 0) is 12.7 Å². The first-order chi connectivity index (χ1) is 13.8. The number of aliphatic imine (C=N–C) groups is 1. The van der Waals surface area contributed by atoms with Gasteiger partial charge in [0.2, 0.25) is 0 Å². The van der Waals surface area contributed by atoms with E-state index in [0.29, 0.717) is 50.1 Å². The van der Waals surface area contributed by atoms with E-state index in [-0.39, 0.29) is 5.76 Å². The van der Waals surface area contributed by atoms with E-state index in [1.807, 2.05) is 9.80 Å². The Kier molecular flexibility index (Phi) is 6.00. The predicted molar refractivity (Wildman–Crippen MR) is 103 cm³/mol. The van der Waals surface area contributed by atoms with Gasteiger partial charge in [-0.2, -0.15) is 13.2 Å². The molecule has 29 heavy (non-hydrogen) atoms. The van der Waals surface area contributed by atoms with Crippen molar-refractivity contribution in [2.75, 3.05) is 38.1 Å². The quantitative estimate of drug-likeness (QED) is 0.598. The maximum absolute atomic E-state index is 12.9. The van der Waals surface area contributed by atoms with Crippen molar-refractivity contribution < 1.29 is 22.4 Å². The molecule has 0 saturated carbocycles. The van der Waals surface area contributed by atoms with Gasteiger partial charge in [-0.15, -0.1) is 0 Å². The number of primary amides is 1. The molecular formula is C19H22F3N5O2. The molecule has 3 rings (SSSR count). The number of nitrogens with one attached hydrogen (secondary N) is 1. The van der Waals surface area contributed by atoms with Gasteiger partial charge in [-0.3, -0.25) is 9.79 Å². The van der Waals surface area contributed by atoms with Gasteiger partial charge in [0.15, 0.2) is 11.7 Å². The summed E-state index contributed by atoms with van der Waals surface area (Å²) >= 11 is 0. The molecule has 0 radical (unpaired) electrons. The summed E-state index contributed by atoms with van der Waals surface area (Å²) in [7, 11) is 1.65. The number of amides is 1. The molecule has 2 heterocycles. The molecule has 0 bridgehead atoms. The average molecular weight is 409 g/mol. The zero-order valence-corrected chi connectivity index (χ0v) is 15.9. The number of alkyl halides is 3. The number of halogens is 3. The summed E-state index contributed by atoms with van der Waals surface area (Å²) in [5.41, 5.74) is 5.07. The van der Waals surface area contributed by atoms with Gasteiger partial charge in [0.25, 0.3) is 5.91 Å². The highest BCUT2D eigenvalue weighted by Gasteiger charge is 2.31. The Labute approximate surface area is 166 Å². The molecule has 156 valence electrons. The van der Waals surface area contributed by atoms with Crippen LogP contribution in [0.25, 0.3) is 0 Å². The van der Waals surface area contributed by atoms with Gasteiger partial charge in [-0.1, -0.05) is 6.07 Å². The Morgan fingerprint density at radius 3 is 2.52 bits per heavy atom. The molecule has 1 aliphatic heterocycles. The summed E-state index contributed by atoms with van der Waals surface area (Å²) in [6.45, 7) is 2.65. The van der Waals surface area contributed by atoms with Gasteiger partial charge in [-0.05, 0) is 30.3 Å². The summed E-state index contributed by atoms with van der Waals surface area (Å²) in [6, 6.07) is 8.53. The third kappa shape index (κ3) is 5.01. The first kappa shape index (κ1) is 20.6. The van der Waals surface area contributed by atoms with E-state index in [0.717, 1.165) is 6.07 Å². The van der Waals surface area contributed by atoms with Crippen LogP contribution >= 0.6 is 0 Å². The van der Waals surface area contributed by atoms with Crippen LogP contribution in [0.15, 0.2) is 45.8 Å². The third-order valence-electron chi connectivity index (χ3n) is 4.65. The second kappa shape index (κ2) is 8.46. The van der Waals surface area contributed by atoms with Crippen molar-refractivity contribution in [1.82, 2.24) is 10.2 Å². The molecule has 0 atom stereocenters. The normalized spacial score (nSPS) is 15.5. The fourth-order valence-electron chi connectivity index (χ4n) is 3.16. The maximum Gasteiger partial charge on any atom is 0.416 e. The predicted octanol–water partition coefficient (Wildman–Crippen LogP) is 2.29. The molecule has 1 aromatic carbocycles. The molecule has 1 saturated heterocycles. The smallest absolute Gasteiger partial charge is 0.416 e. The number of hydrogen-bond donors (Lipinski definition) is 2. The first-order valence-electron chi connectivity index (χ1n) is 9.04. The number of piperazine rings is 1. The zero-order chi connectivity index (χ0) is 21.0. The van der Waals surface area contributed by atoms with Gasteiger partial charge < -0.3 is 25.3 Å². The van der Waals surface area contributed by atoms with Crippen molar-refractivity contribution in [2.24, 2.45) is 10.7 Å². The van der Waals surface area contributed by atoms with Gasteiger partial charge in [0.05, 0.1) is 12.1 Å². The molecule has 3 N–H and O–H groups in total. The number of nitrogens with zero attached hydrogens (tertiary/aromatic N) is 3. The Balaban J connectivity index is 1.56. The summed E-state index contributed by atoms with van der Waals surface area (Å²) in [5, 5.41) is 3.15. The molecule has 0 spiro atoms. The van der Waals surface area contributed by atoms with Gasteiger partial charge in [0, 0.05) is 38.9 Å². The number of guanidine groups is 1. The second-order valence-electron chi connectivity index (χ2n) is 6.55. The van der Waals surface area contributed by atoms with Crippen molar-refractivity contribution in [3.8, 4) is 0 Å². The monoisotopic (exact) mass is 409 g/mol. The molecule has 1 aromatic heterocycles. The molecule has 10 heteroatoms. The van der Waals surface area contributed by atoms with Crippen LogP contribution < -0.4 is 16.0 Å². The topological polar surface area (TPSA) is 87.1 Å². The number of carbonyl (C=O) groups is 1. The largest absolute Gasteiger partial charge is 0.454 e. The van der Waals surface area contributed by atoms with E-state index in [1.165, 1.54) is 18.2 Å². The van der Waals surface area contributed by atoms with Crippen LogP contribution in [0.1, 0.15) is 21.9 Å². The standard InChI is InChI=1S/C19H22F3N5O2/c1-24-18(25-12-15-5-6-16(29-15)17(23)28)27-9-7-26(8-10-27)14-4-2-3-13(11-14)19(20,21)22/h2-6,11H,7-10,12H2,1H3,(H2,23,28)(H,24,25). The highest BCUT2D eigenvalue weighted by atomic mass is 19.4. The van der Waals surface area contributed by atoms with E-state index >= 15 is 0 Å². The molecule has 1 aliphatic rings. The number of furan rings is 1. The fourth-order valence-corrected chi connectivity index (χ4v) is 3.16. The van der Waals surface area contributed by atoms with Crippen LogP contribution in [0.3, 0.4) is 0 Å². The van der Waals surface area contributed by atoms with Crippen LogP contribution in [-0.4, -0.2) is 50.0 Å². The van der Waals surface area contributed by atoms with E-state index in [2.05, 4.69) is 10.3 Å². The lowest BCUT2D eigenvalue weighted by molar-refractivity contribution is -0.137. The molecule has 0 aliphatic carbocycles. The molecular weight excluding hydrogens is 387 g/mol. The van der Waals surface area contributed by atoms with Crippen molar-refractivity contribution in [1.29, 1.82) is 0 Å². The molecule has 1 fully saturated rings. The zero-order valence-electron chi connectivity index (χ0n) is 15.9. The minimum atomic E-state index is -4.36. The lowest BCUT2D eigenvalue weighted by atomic mass is 10.1. The van der Waals surface area contributed by atoms with E-state index < -0.39 is 17.6 Å². The maximum atomic E-state index is 12.9. The van der Waals surface area contributed by atoms with Gasteiger partial charge in [-0.25, -0.2) is 0 Å². The molecule has 2 aromatic rings. The lowest BCUT2D eigenvalue weighted by Gasteiger charge is -2.37. The van der Waals surface area contributed by atoms with Crippen molar-refractivity contribution >= 4 is 17.6 Å². The number of anilines is 1. The van der Waals surface area contributed by atoms with Crippen LogP contribution in [0.4, 0.5) is 18.9 Å². The Bertz CT molecular complexity index is 886. The number of nitrogens with two attached hydrogens (primary N) is 1. The van der Waals surface area contributed by atoms with Crippen LogP contribution in [0.5, 0.6) is 0 Å². The first-order valence-corrected chi connectivity index (χ1v) is 9.04. The van der Waals surface area contributed by atoms with Crippen LogP contribution in [0.2, 0.25) is 0 Å². The fraction of sp³-hybridized carbons (Fsp3) is 0.368. The molecule has 0 unspecified atom stereocenters. The Morgan fingerprint density at radius 2 is 1.93 bits per heavy atom. The van der Waals surface area contributed by atoms with Crippen LogP contribution in [0, 0.1) is 0 Å². The SMILES string of the molecule is CN=C(NCc1ccc(C(N)=O)o1)N1CCN(c2cccc(C(F)(F)F)c2)CC1. The van der Waals surface area contributed by atoms with E-state index in [4.69, 9.17) is 10.2 Å². The lowest BCUT2D eigenvalue weighted by Crippen LogP contribution is -2.52. The van der Waals surface area contributed by atoms with Crippen molar-refractivity contribution in [2.45, 2.75) is 12.7 Å². The number of rotatable bonds is 4. The summed E-state index contributed by atoms with van der Waals surface area (Å²) in [4.78, 5) is 19.3. The van der Waals surface area contributed by atoms with Gasteiger partial charge in [0.1, 0.15) is 5.76 Å². The minimum Gasteiger partial charge on any atom is -0.454 e. The Hall–Kier alpha value is -3.17.